The minimum Gasteiger partial charge on any atom is -0.365 e. The molecule has 6 nitrogen and oxygen atoms in total. The molecule has 2 N–H and O–H groups in total. The number of fused-ring (bicyclic) bond motifs is 3. The van der Waals surface area contributed by atoms with Gasteiger partial charge in [-0.1, -0.05) is 35.9 Å². The summed E-state index contributed by atoms with van der Waals surface area (Å²) in [5.41, 5.74) is 4.21. The molecule has 3 aromatic rings. The second-order valence-electron chi connectivity index (χ2n) is 8.41. The van der Waals surface area contributed by atoms with Crippen LogP contribution in [0.4, 0.5) is 21.9 Å². The molecule has 5 rings (SSSR count). The van der Waals surface area contributed by atoms with Crippen LogP contribution in [0.2, 0.25) is 5.02 Å². The van der Waals surface area contributed by atoms with Crippen LogP contribution in [-0.2, 0) is 6.54 Å². The molecule has 0 spiro atoms. The third-order valence-corrected chi connectivity index (χ3v) is 6.51. The predicted molar refractivity (Wildman–Crippen MR) is 132 cm³/mol. The van der Waals surface area contributed by atoms with Crippen LogP contribution in [0.5, 0.6) is 0 Å². The molecule has 0 aliphatic carbocycles. The van der Waals surface area contributed by atoms with Crippen LogP contribution in [0.3, 0.4) is 0 Å². The summed E-state index contributed by atoms with van der Waals surface area (Å²) >= 11 is 5.90. The zero-order valence-electron chi connectivity index (χ0n) is 18.1. The normalized spacial score (nSPS) is 16.7. The van der Waals surface area contributed by atoms with Crippen LogP contribution in [0.15, 0.2) is 72.8 Å². The molecule has 0 unspecified atom stereocenters. The van der Waals surface area contributed by atoms with Gasteiger partial charge in [0.1, 0.15) is 0 Å². The summed E-state index contributed by atoms with van der Waals surface area (Å²) in [4.78, 5) is 29.8. The number of benzene rings is 3. The third kappa shape index (κ3) is 4.52. The SMILES string of the molecule is O=C(NCc1ccc(Cl)cc1)c1ccc(NC(=O)N2C[C@@H]3CCCN3c3ccccc32)cc1. The number of carbonyl (C=O) groups is 2. The Hall–Kier alpha value is -3.51. The molecule has 2 aliphatic heterocycles. The van der Waals surface area contributed by atoms with Crippen molar-refractivity contribution >= 4 is 40.6 Å². The zero-order chi connectivity index (χ0) is 22.8. The molecule has 168 valence electrons. The van der Waals surface area contributed by atoms with Gasteiger partial charge in [0.2, 0.25) is 0 Å². The number of hydrogen-bond donors (Lipinski definition) is 2. The van der Waals surface area contributed by atoms with E-state index in [-0.39, 0.29) is 11.9 Å². The molecule has 1 atom stereocenters. The van der Waals surface area contributed by atoms with Crippen molar-refractivity contribution in [1.29, 1.82) is 0 Å². The summed E-state index contributed by atoms with van der Waals surface area (Å²) in [5.74, 6) is -0.172. The molecule has 0 radical (unpaired) electrons. The number of nitrogens with one attached hydrogen (secondary N) is 2. The van der Waals surface area contributed by atoms with Gasteiger partial charge in [-0.3, -0.25) is 9.69 Å². The highest BCUT2D eigenvalue weighted by molar-refractivity contribution is 6.30. The van der Waals surface area contributed by atoms with Gasteiger partial charge in [-0.15, -0.1) is 0 Å². The van der Waals surface area contributed by atoms with Gasteiger partial charge in [-0.25, -0.2) is 4.79 Å². The molecular formula is C26H25ClN4O2. The lowest BCUT2D eigenvalue weighted by molar-refractivity contribution is 0.0951. The van der Waals surface area contributed by atoms with Crippen molar-refractivity contribution in [2.45, 2.75) is 25.4 Å². The van der Waals surface area contributed by atoms with Crippen LogP contribution >= 0.6 is 11.6 Å². The number of nitrogens with zero attached hydrogens (tertiary/aromatic N) is 2. The lowest BCUT2D eigenvalue weighted by Gasteiger charge is -2.40. The summed E-state index contributed by atoms with van der Waals surface area (Å²) in [6.45, 7) is 2.13. The van der Waals surface area contributed by atoms with Crippen molar-refractivity contribution in [1.82, 2.24) is 5.32 Å². The predicted octanol–water partition coefficient (Wildman–Crippen LogP) is 5.29. The Kier molecular flexibility index (Phi) is 5.92. The first-order valence-electron chi connectivity index (χ1n) is 11.2. The number of carbonyl (C=O) groups excluding carboxylic acids is 2. The Balaban J connectivity index is 1.23. The maximum Gasteiger partial charge on any atom is 0.326 e. The van der Waals surface area contributed by atoms with E-state index in [1.165, 1.54) is 0 Å². The van der Waals surface area contributed by atoms with Crippen LogP contribution < -0.4 is 20.4 Å². The fourth-order valence-corrected chi connectivity index (χ4v) is 4.69. The third-order valence-electron chi connectivity index (χ3n) is 6.26. The highest BCUT2D eigenvalue weighted by Crippen LogP contribution is 2.39. The highest BCUT2D eigenvalue weighted by atomic mass is 35.5. The first-order chi connectivity index (χ1) is 16.1. The summed E-state index contributed by atoms with van der Waals surface area (Å²) in [6, 6.07) is 22.6. The second-order valence-corrected chi connectivity index (χ2v) is 8.84. The Bertz CT molecular complexity index is 1160. The Morgan fingerprint density at radius 2 is 1.67 bits per heavy atom. The van der Waals surface area contributed by atoms with Gasteiger partial charge in [0, 0.05) is 41.9 Å². The average molecular weight is 461 g/mol. The maximum atomic E-state index is 13.1. The van der Waals surface area contributed by atoms with Crippen molar-refractivity contribution in [2.24, 2.45) is 0 Å². The quantitative estimate of drug-likeness (QED) is 0.556. The Morgan fingerprint density at radius 1 is 0.939 bits per heavy atom. The molecule has 0 bridgehead atoms. The van der Waals surface area contributed by atoms with E-state index in [1.807, 2.05) is 35.2 Å². The van der Waals surface area contributed by atoms with Crippen molar-refractivity contribution in [3.63, 3.8) is 0 Å². The minimum atomic E-state index is -0.172. The first-order valence-corrected chi connectivity index (χ1v) is 11.5. The van der Waals surface area contributed by atoms with E-state index < -0.39 is 0 Å². The fourth-order valence-electron chi connectivity index (χ4n) is 4.56. The smallest absolute Gasteiger partial charge is 0.326 e. The van der Waals surface area contributed by atoms with E-state index in [0.717, 1.165) is 36.3 Å². The standard InChI is InChI=1S/C26H25ClN4O2/c27-20-11-7-18(8-12-20)16-28-25(32)19-9-13-21(14-10-19)29-26(33)31-17-22-4-3-15-30(22)23-5-1-2-6-24(23)31/h1-2,5-14,22H,3-4,15-17H2,(H,28,32)(H,29,33)/t22-/m0/s1. The van der Waals surface area contributed by atoms with E-state index in [1.54, 1.807) is 36.4 Å². The number of hydrogen-bond acceptors (Lipinski definition) is 3. The molecule has 3 amide bonds. The highest BCUT2D eigenvalue weighted by Gasteiger charge is 2.36. The molecule has 1 saturated heterocycles. The molecule has 1 fully saturated rings. The van der Waals surface area contributed by atoms with Gasteiger partial charge in [0.25, 0.3) is 5.91 Å². The van der Waals surface area contributed by atoms with E-state index in [9.17, 15) is 9.59 Å². The van der Waals surface area contributed by atoms with Gasteiger partial charge < -0.3 is 15.5 Å². The van der Waals surface area contributed by atoms with Gasteiger partial charge in [0.05, 0.1) is 11.4 Å². The monoisotopic (exact) mass is 460 g/mol. The molecule has 2 heterocycles. The van der Waals surface area contributed by atoms with Crippen LogP contribution in [0.1, 0.15) is 28.8 Å². The summed E-state index contributed by atoms with van der Waals surface area (Å²) in [6.07, 6.45) is 2.24. The number of anilines is 3. The fraction of sp³-hybridized carbons (Fsp3) is 0.231. The van der Waals surface area contributed by atoms with Crippen LogP contribution in [0, 0.1) is 0 Å². The molecule has 0 aromatic heterocycles. The average Bonchev–Trinajstić information content (AvgIpc) is 3.32. The van der Waals surface area contributed by atoms with Crippen molar-refractivity contribution in [3.8, 4) is 0 Å². The maximum absolute atomic E-state index is 13.1. The van der Waals surface area contributed by atoms with Crippen molar-refractivity contribution < 1.29 is 9.59 Å². The first kappa shape index (κ1) is 21.3. The molecule has 33 heavy (non-hydrogen) atoms. The number of amides is 3. The lowest BCUT2D eigenvalue weighted by atomic mass is 10.1. The van der Waals surface area contributed by atoms with E-state index in [0.29, 0.717) is 35.4 Å². The number of urea groups is 1. The van der Waals surface area contributed by atoms with E-state index >= 15 is 0 Å². The number of para-hydroxylation sites is 2. The molecule has 7 heteroatoms. The van der Waals surface area contributed by atoms with E-state index in [2.05, 4.69) is 21.6 Å². The minimum absolute atomic E-state index is 0.158. The summed E-state index contributed by atoms with van der Waals surface area (Å²) in [7, 11) is 0. The lowest BCUT2D eigenvalue weighted by Crippen LogP contribution is -2.49. The summed E-state index contributed by atoms with van der Waals surface area (Å²) < 4.78 is 0. The van der Waals surface area contributed by atoms with Gasteiger partial charge in [0.15, 0.2) is 0 Å². The largest absolute Gasteiger partial charge is 0.365 e. The molecule has 0 saturated carbocycles. The van der Waals surface area contributed by atoms with Gasteiger partial charge in [-0.2, -0.15) is 0 Å². The number of rotatable bonds is 4. The Morgan fingerprint density at radius 3 is 2.42 bits per heavy atom. The van der Waals surface area contributed by atoms with Crippen molar-refractivity contribution in [3.05, 3.63) is 88.9 Å². The van der Waals surface area contributed by atoms with Gasteiger partial charge >= 0.3 is 6.03 Å². The van der Waals surface area contributed by atoms with Crippen LogP contribution in [0.25, 0.3) is 0 Å². The van der Waals surface area contributed by atoms with Crippen LogP contribution in [-0.4, -0.2) is 31.1 Å². The topological polar surface area (TPSA) is 64.7 Å². The number of halogens is 1. The van der Waals surface area contributed by atoms with Crippen molar-refractivity contribution in [2.75, 3.05) is 28.2 Å². The Labute approximate surface area is 198 Å². The van der Waals surface area contributed by atoms with E-state index in [4.69, 9.17) is 11.6 Å². The zero-order valence-corrected chi connectivity index (χ0v) is 18.9. The molecular weight excluding hydrogens is 436 g/mol. The second kappa shape index (κ2) is 9.16. The summed E-state index contributed by atoms with van der Waals surface area (Å²) in [5, 5.41) is 6.55. The van der Waals surface area contributed by atoms with Gasteiger partial charge in [-0.05, 0) is 66.9 Å². The molecule has 2 aliphatic rings. The molecule has 3 aromatic carbocycles.